The molecule has 0 spiro atoms. The molecule has 6 nitrogen and oxygen atoms in total. The van der Waals surface area contributed by atoms with Crippen LogP contribution >= 0.6 is 15.9 Å². The van der Waals surface area contributed by atoms with E-state index in [0.29, 0.717) is 15.9 Å². The molecule has 0 atom stereocenters. The predicted molar refractivity (Wildman–Crippen MR) is 79.9 cm³/mol. The fourth-order valence-electron chi connectivity index (χ4n) is 1.91. The molecule has 0 saturated heterocycles. The van der Waals surface area contributed by atoms with Crippen LogP contribution in [0.1, 0.15) is 21.7 Å². The van der Waals surface area contributed by atoms with Crippen LogP contribution in [-0.4, -0.2) is 29.3 Å². The van der Waals surface area contributed by atoms with Crippen LogP contribution in [0, 0.1) is 6.92 Å². The Labute approximate surface area is 130 Å². The van der Waals surface area contributed by atoms with Gasteiger partial charge in [-0.2, -0.15) is 5.10 Å². The second-order valence-corrected chi connectivity index (χ2v) is 7.34. The van der Waals surface area contributed by atoms with Crippen molar-refractivity contribution in [1.82, 2.24) is 9.78 Å². The van der Waals surface area contributed by atoms with Crippen molar-refractivity contribution in [2.24, 2.45) is 7.05 Å². The highest BCUT2D eigenvalue weighted by molar-refractivity contribution is 9.10. The number of carboxylic acid groups (broad SMARTS) is 1. The van der Waals surface area contributed by atoms with E-state index in [1.165, 1.54) is 28.9 Å². The van der Waals surface area contributed by atoms with Gasteiger partial charge in [-0.15, -0.1) is 0 Å². The molecule has 0 aliphatic carbocycles. The molecule has 1 heterocycles. The van der Waals surface area contributed by atoms with Crippen LogP contribution in [-0.2, 0) is 22.6 Å². The first-order chi connectivity index (χ1) is 9.72. The molecule has 0 bridgehead atoms. The van der Waals surface area contributed by atoms with Gasteiger partial charge >= 0.3 is 5.97 Å². The fourth-order valence-corrected chi connectivity index (χ4v) is 3.98. The van der Waals surface area contributed by atoms with Crippen LogP contribution in [0.25, 0.3) is 0 Å². The smallest absolute Gasteiger partial charge is 0.335 e. The lowest BCUT2D eigenvalue weighted by atomic mass is 10.2. The minimum atomic E-state index is -3.57. The third kappa shape index (κ3) is 3.16. The second-order valence-electron chi connectivity index (χ2n) is 4.56. The number of nitrogens with zero attached hydrogens (tertiary/aromatic N) is 2. The Bertz CT molecular complexity index is 794. The van der Waals surface area contributed by atoms with Gasteiger partial charge in [0.2, 0.25) is 0 Å². The summed E-state index contributed by atoms with van der Waals surface area (Å²) >= 11 is 3.33. The Morgan fingerprint density at radius 3 is 2.33 bits per heavy atom. The van der Waals surface area contributed by atoms with Crippen LogP contribution in [0.15, 0.2) is 33.6 Å². The van der Waals surface area contributed by atoms with Gasteiger partial charge in [-0.3, -0.25) is 4.68 Å². The lowest BCUT2D eigenvalue weighted by molar-refractivity contribution is 0.0696. The Balaban J connectivity index is 2.36. The summed E-state index contributed by atoms with van der Waals surface area (Å²) < 4.78 is 27.0. The Hall–Kier alpha value is -1.67. The number of hydrogen-bond acceptors (Lipinski definition) is 4. The van der Waals surface area contributed by atoms with Gasteiger partial charge in [0.15, 0.2) is 9.84 Å². The van der Waals surface area contributed by atoms with Gasteiger partial charge in [-0.05, 0) is 47.1 Å². The Morgan fingerprint density at radius 1 is 1.33 bits per heavy atom. The van der Waals surface area contributed by atoms with E-state index in [9.17, 15) is 13.2 Å². The summed E-state index contributed by atoms with van der Waals surface area (Å²) in [5.41, 5.74) is 1.31. The molecule has 0 fully saturated rings. The minimum Gasteiger partial charge on any atom is -0.478 e. The highest BCUT2D eigenvalue weighted by Crippen LogP contribution is 2.25. The van der Waals surface area contributed by atoms with Crippen molar-refractivity contribution in [2.75, 3.05) is 0 Å². The number of aromatic carboxylic acids is 1. The first-order valence-corrected chi connectivity index (χ1v) is 8.41. The van der Waals surface area contributed by atoms with E-state index < -0.39 is 15.8 Å². The number of halogens is 1. The lowest BCUT2D eigenvalue weighted by Gasteiger charge is -2.06. The molecule has 1 N–H and O–H groups in total. The van der Waals surface area contributed by atoms with Crippen molar-refractivity contribution >= 4 is 31.7 Å². The zero-order valence-electron chi connectivity index (χ0n) is 11.4. The molecule has 0 amide bonds. The second kappa shape index (κ2) is 5.61. The van der Waals surface area contributed by atoms with Crippen LogP contribution in [0.4, 0.5) is 0 Å². The van der Waals surface area contributed by atoms with Gasteiger partial charge in [0.05, 0.1) is 32.1 Å². The van der Waals surface area contributed by atoms with E-state index >= 15 is 0 Å². The van der Waals surface area contributed by atoms with Crippen molar-refractivity contribution in [3.05, 3.63) is 45.7 Å². The predicted octanol–water partition coefficient (Wildman–Crippen LogP) is 2.16. The molecule has 0 saturated carbocycles. The third-order valence-electron chi connectivity index (χ3n) is 3.05. The maximum atomic E-state index is 12.4. The number of benzene rings is 1. The van der Waals surface area contributed by atoms with Crippen molar-refractivity contribution < 1.29 is 18.3 Å². The topological polar surface area (TPSA) is 89.3 Å². The van der Waals surface area contributed by atoms with Gasteiger partial charge < -0.3 is 5.11 Å². The van der Waals surface area contributed by atoms with Gasteiger partial charge in [0, 0.05) is 7.05 Å². The molecule has 112 valence electrons. The normalized spacial score (nSPS) is 11.6. The van der Waals surface area contributed by atoms with Crippen molar-refractivity contribution in [3.8, 4) is 0 Å². The van der Waals surface area contributed by atoms with Crippen LogP contribution in [0.2, 0.25) is 0 Å². The Morgan fingerprint density at radius 2 is 1.90 bits per heavy atom. The molecule has 0 radical (unpaired) electrons. The monoisotopic (exact) mass is 372 g/mol. The summed E-state index contributed by atoms with van der Waals surface area (Å²) in [6.07, 6.45) is 0. The van der Waals surface area contributed by atoms with E-state index in [2.05, 4.69) is 21.0 Å². The molecule has 8 heteroatoms. The van der Waals surface area contributed by atoms with Gasteiger partial charge in [-0.25, -0.2) is 13.2 Å². The van der Waals surface area contributed by atoms with Crippen molar-refractivity contribution in [1.29, 1.82) is 0 Å². The summed E-state index contributed by atoms with van der Waals surface area (Å²) in [6.45, 7) is 1.78. The molecule has 2 rings (SSSR count). The molecule has 1 aromatic carbocycles. The fraction of sp³-hybridized carbons (Fsp3) is 0.231. The zero-order valence-corrected chi connectivity index (χ0v) is 13.8. The quantitative estimate of drug-likeness (QED) is 0.887. The number of carbonyl (C=O) groups is 1. The summed E-state index contributed by atoms with van der Waals surface area (Å²) in [6, 6.07) is 5.16. The van der Waals surface area contributed by atoms with Crippen LogP contribution < -0.4 is 0 Å². The van der Waals surface area contributed by atoms with Gasteiger partial charge in [-0.1, -0.05) is 0 Å². The van der Waals surface area contributed by atoms with E-state index in [4.69, 9.17) is 5.11 Å². The minimum absolute atomic E-state index is 0.0477. The zero-order chi connectivity index (χ0) is 15.8. The van der Waals surface area contributed by atoms with E-state index in [-0.39, 0.29) is 16.2 Å². The molecule has 0 aliphatic heterocycles. The first-order valence-electron chi connectivity index (χ1n) is 5.96. The molecular weight excluding hydrogens is 360 g/mol. The summed E-state index contributed by atoms with van der Waals surface area (Å²) in [5, 5.41) is 13.0. The highest BCUT2D eigenvalue weighted by Gasteiger charge is 2.21. The van der Waals surface area contributed by atoms with Gasteiger partial charge in [0.1, 0.15) is 0 Å². The van der Waals surface area contributed by atoms with E-state index in [1.54, 1.807) is 14.0 Å². The first kappa shape index (κ1) is 15.7. The molecule has 2 aromatic rings. The number of sulfone groups is 1. The van der Waals surface area contributed by atoms with E-state index in [1.807, 2.05) is 0 Å². The molecule has 0 aliphatic rings. The molecule has 1 aromatic heterocycles. The van der Waals surface area contributed by atoms with Gasteiger partial charge in [0.25, 0.3) is 0 Å². The van der Waals surface area contributed by atoms with E-state index in [0.717, 1.165) is 0 Å². The largest absolute Gasteiger partial charge is 0.478 e. The summed E-state index contributed by atoms with van der Waals surface area (Å²) in [4.78, 5) is 10.9. The number of carboxylic acids is 1. The molecule has 21 heavy (non-hydrogen) atoms. The average Bonchev–Trinajstić information content (AvgIpc) is 2.65. The number of hydrogen-bond donors (Lipinski definition) is 1. The number of rotatable bonds is 4. The molecular formula is C13H13BrN2O4S. The maximum absolute atomic E-state index is 12.4. The van der Waals surface area contributed by atoms with Crippen molar-refractivity contribution in [3.63, 3.8) is 0 Å². The summed E-state index contributed by atoms with van der Waals surface area (Å²) in [5.74, 6) is -1.30. The average molecular weight is 373 g/mol. The van der Waals surface area contributed by atoms with Crippen molar-refractivity contribution in [2.45, 2.75) is 17.6 Å². The maximum Gasteiger partial charge on any atom is 0.335 e. The molecule has 0 unspecified atom stereocenters. The van der Waals surface area contributed by atoms with Crippen LogP contribution in [0.3, 0.4) is 0 Å². The SMILES string of the molecule is Cc1nn(C)c(CS(=O)(=O)c2ccc(C(=O)O)cc2)c1Br. The van der Waals surface area contributed by atoms with Crippen LogP contribution in [0.5, 0.6) is 0 Å². The number of aryl methyl sites for hydroxylation is 2. The number of aromatic nitrogens is 2. The highest BCUT2D eigenvalue weighted by atomic mass is 79.9. The third-order valence-corrected chi connectivity index (χ3v) is 5.72. The summed E-state index contributed by atoms with van der Waals surface area (Å²) in [7, 11) is -1.89. The standard InChI is InChI=1S/C13H13BrN2O4S/c1-8-12(14)11(16(2)15-8)7-21(19,20)10-5-3-9(4-6-10)13(17)18/h3-6H,7H2,1-2H3,(H,17,18). The Kier molecular flexibility index (Phi) is 4.20. The lowest BCUT2D eigenvalue weighted by Crippen LogP contribution is -2.09.